The molecule has 1 aromatic carbocycles. The van der Waals surface area contributed by atoms with Crippen LogP contribution in [0, 0.1) is 0 Å². The number of carbonyl (C=O) groups is 2. The fourth-order valence-electron chi connectivity index (χ4n) is 2.30. The van der Waals surface area contributed by atoms with Gasteiger partial charge in [0.25, 0.3) is 5.91 Å². The van der Waals surface area contributed by atoms with Gasteiger partial charge in [0.1, 0.15) is 18.3 Å². The zero-order chi connectivity index (χ0) is 17.1. The molecule has 0 aromatic heterocycles. The normalized spacial score (nSPS) is 30.7. The summed E-state index contributed by atoms with van der Waals surface area (Å²) in [6, 6.07) is 3.88. The molecule has 1 amide bonds. The van der Waals surface area contributed by atoms with Crippen LogP contribution < -0.4 is 5.32 Å². The molecule has 0 bridgehead atoms. The first-order valence-electron chi connectivity index (χ1n) is 6.80. The molecule has 0 aliphatic carbocycles. The van der Waals surface area contributed by atoms with Crippen molar-refractivity contribution in [1.82, 2.24) is 5.32 Å². The monoisotopic (exact) mass is 327 g/mol. The number of aliphatic hydroxyl groups excluding tert-OH is 4. The number of ether oxygens (including phenoxy) is 1. The number of carboxylic acid groups (broad SMARTS) is 1. The molecule has 6 N–H and O–H groups in total. The van der Waals surface area contributed by atoms with E-state index in [4.69, 9.17) is 14.9 Å². The number of amides is 1. The Balaban J connectivity index is 2.17. The first kappa shape index (κ1) is 17.3. The van der Waals surface area contributed by atoms with Crippen molar-refractivity contribution in [2.45, 2.75) is 30.6 Å². The highest BCUT2D eigenvalue weighted by molar-refractivity contribution is 5.97. The molecule has 9 nitrogen and oxygen atoms in total. The molecule has 1 aliphatic rings. The summed E-state index contributed by atoms with van der Waals surface area (Å²) in [4.78, 5) is 23.1. The van der Waals surface area contributed by atoms with Gasteiger partial charge in [-0.05, 0) is 18.2 Å². The van der Waals surface area contributed by atoms with Crippen LogP contribution in [-0.4, -0.2) is 74.7 Å². The smallest absolute Gasteiger partial charge is 0.335 e. The molecule has 0 saturated carbocycles. The third-order valence-electron chi connectivity index (χ3n) is 3.57. The highest BCUT2D eigenvalue weighted by atomic mass is 16.6. The molecule has 1 saturated heterocycles. The maximum absolute atomic E-state index is 12.2. The van der Waals surface area contributed by atoms with Gasteiger partial charge in [0.2, 0.25) is 0 Å². The number of carbonyl (C=O) groups excluding carboxylic acids is 1. The van der Waals surface area contributed by atoms with E-state index in [1.54, 1.807) is 0 Å². The molecule has 0 radical (unpaired) electrons. The summed E-state index contributed by atoms with van der Waals surface area (Å²) in [6.07, 6.45) is -5.93. The van der Waals surface area contributed by atoms with Gasteiger partial charge in [-0.25, -0.2) is 4.79 Å². The molecular weight excluding hydrogens is 310 g/mol. The fraction of sp³-hybridized carbons (Fsp3) is 0.429. The van der Waals surface area contributed by atoms with E-state index in [9.17, 15) is 24.9 Å². The van der Waals surface area contributed by atoms with Crippen molar-refractivity contribution in [2.75, 3.05) is 6.61 Å². The highest BCUT2D eigenvalue weighted by Crippen LogP contribution is 2.20. The van der Waals surface area contributed by atoms with Crippen LogP contribution in [0.2, 0.25) is 0 Å². The molecule has 0 unspecified atom stereocenters. The van der Waals surface area contributed by atoms with Gasteiger partial charge in [-0.1, -0.05) is 6.07 Å². The van der Waals surface area contributed by atoms with Crippen molar-refractivity contribution < 1.29 is 39.9 Å². The summed E-state index contributed by atoms with van der Waals surface area (Å²) in [5.41, 5.74) is -0.0928. The molecule has 1 aliphatic heterocycles. The van der Waals surface area contributed by atoms with E-state index in [1.807, 2.05) is 0 Å². The molecule has 2 rings (SSSR count). The molecule has 126 valence electrons. The van der Waals surface area contributed by atoms with Crippen LogP contribution in [0.4, 0.5) is 0 Å². The van der Waals surface area contributed by atoms with Crippen LogP contribution in [0.15, 0.2) is 24.3 Å². The Morgan fingerprint density at radius 3 is 2.39 bits per heavy atom. The Bertz CT molecular complexity index is 592. The van der Waals surface area contributed by atoms with Crippen molar-refractivity contribution >= 4 is 11.9 Å². The van der Waals surface area contributed by atoms with Gasteiger partial charge in [0.15, 0.2) is 6.29 Å². The minimum atomic E-state index is -1.69. The van der Waals surface area contributed by atoms with Gasteiger partial charge in [-0.2, -0.15) is 0 Å². The van der Waals surface area contributed by atoms with Crippen molar-refractivity contribution in [2.24, 2.45) is 0 Å². The summed E-state index contributed by atoms with van der Waals surface area (Å²) in [7, 11) is 0. The Labute approximate surface area is 130 Å². The van der Waals surface area contributed by atoms with Crippen LogP contribution >= 0.6 is 0 Å². The zero-order valence-corrected chi connectivity index (χ0v) is 11.9. The van der Waals surface area contributed by atoms with E-state index in [2.05, 4.69) is 5.32 Å². The zero-order valence-electron chi connectivity index (χ0n) is 11.9. The molecule has 0 spiro atoms. The Morgan fingerprint density at radius 1 is 1.13 bits per heavy atom. The maximum Gasteiger partial charge on any atom is 0.335 e. The number of carboxylic acids is 1. The third kappa shape index (κ3) is 3.66. The third-order valence-corrected chi connectivity index (χ3v) is 3.57. The predicted molar refractivity (Wildman–Crippen MR) is 74.6 cm³/mol. The van der Waals surface area contributed by atoms with Crippen molar-refractivity contribution in [3.8, 4) is 0 Å². The Morgan fingerprint density at radius 2 is 1.78 bits per heavy atom. The number of aliphatic hydroxyl groups is 4. The summed E-state index contributed by atoms with van der Waals surface area (Å²) < 4.78 is 4.80. The summed E-state index contributed by atoms with van der Waals surface area (Å²) in [6.45, 7) is -0.619. The number of benzene rings is 1. The molecular formula is C14H17NO8. The van der Waals surface area contributed by atoms with Gasteiger partial charge >= 0.3 is 5.97 Å². The molecule has 1 heterocycles. The highest BCUT2D eigenvalue weighted by Gasteiger charge is 2.44. The van der Waals surface area contributed by atoms with Crippen molar-refractivity contribution in [3.05, 3.63) is 35.4 Å². The van der Waals surface area contributed by atoms with E-state index in [0.717, 1.165) is 6.07 Å². The fourth-order valence-corrected chi connectivity index (χ4v) is 2.30. The lowest BCUT2D eigenvalue weighted by Crippen LogP contribution is -2.64. The van der Waals surface area contributed by atoms with E-state index in [-0.39, 0.29) is 11.1 Å². The second-order valence-electron chi connectivity index (χ2n) is 5.11. The first-order valence-corrected chi connectivity index (χ1v) is 6.80. The van der Waals surface area contributed by atoms with Crippen molar-refractivity contribution in [3.63, 3.8) is 0 Å². The van der Waals surface area contributed by atoms with Crippen LogP contribution in [0.25, 0.3) is 0 Å². The van der Waals surface area contributed by atoms with E-state index >= 15 is 0 Å². The van der Waals surface area contributed by atoms with Crippen LogP contribution in [0.3, 0.4) is 0 Å². The minimum absolute atomic E-state index is 0.00540. The second-order valence-corrected chi connectivity index (χ2v) is 5.11. The topological polar surface area (TPSA) is 157 Å². The molecule has 1 fully saturated rings. The Hall–Kier alpha value is -2.04. The Kier molecular flexibility index (Phi) is 5.29. The average Bonchev–Trinajstić information content (AvgIpc) is 2.54. The van der Waals surface area contributed by atoms with Gasteiger partial charge in [0.05, 0.1) is 18.2 Å². The lowest BCUT2D eigenvalue weighted by atomic mass is 9.96. The lowest BCUT2D eigenvalue weighted by molar-refractivity contribution is -0.260. The van der Waals surface area contributed by atoms with Gasteiger partial charge < -0.3 is 35.6 Å². The molecule has 1 aromatic rings. The number of nitrogens with one attached hydrogen (secondary N) is 1. The lowest BCUT2D eigenvalue weighted by Gasteiger charge is -2.40. The van der Waals surface area contributed by atoms with Gasteiger partial charge in [-0.3, -0.25) is 4.79 Å². The molecule has 5 atom stereocenters. The summed E-state index contributed by atoms with van der Waals surface area (Å²) in [5.74, 6) is -1.96. The second kappa shape index (κ2) is 7.02. The average molecular weight is 327 g/mol. The maximum atomic E-state index is 12.2. The van der Waals surface area contributed by atoms with Crippen LogP contribution in [-0.2, 0) is 4.74 Å². The summed E-state index contributed by atoms with van der Waals surface area (Å²) >= 11 is 0. The predicted octanol–water partition coefficient (Wildman–Crippen LogP) is -2.09. The van der Waals surface area contributed by atoms with Gasteiger partial charge in [-0.15, -0.1) is 0 Å². The van der Waals surface area contributed by atoms with Crippen molar-refractivity contribution in [1.29, 1.82) is 0 Å². The van der Waals surface area contributed by atoms with E-state index < -0.39 is 49.1 Å². The summed E-state index contributed by atoms with van der Waals surface area (Å²) in [5, 5.41) is 49.7. The van der Waals surface area contributed by atoms with E-state index in [0.29, 0.717) is 0 Å². The number of aromatic carboxylic acids is 1. The number of hydrogen-bond donors (Lipinski definition) is 6. The largest absolute Gasteiger partial charge is 0.478 e. The van der Waals surface area contributed by atoms with Crippen LogP contribution in [0.5, 0.6) is 0 Å². The minimum Gasteiger partial charge on any atom is -0.478 e. The first-order chi connectivity index (χ1) is 10.8. The number of rotatable bonds is 4. The SMILES string of the molecule is O=C(O)c1cccc(C(=O)N[C@@H]2[C@@H](O)[C@H](O)O[C@H](CO)[C@@H]2O)c1. The van der Waals surface area contributed by atoms with E-state index in [1.165, 1.54) is 18.2 Å². The van der Waals surface area contributed by atoms with Gasteiger partial charge in [0, 0.05) is 5.56 Å². The molecule has 9 heteroatoms. The quantitative estimate of drug-likeness (QED) is 0.368. The van der Waals surface area contributed by atoms with Crippen LogP contribution in [0.1, 0.15) is 20.7 Å². The standard InChI is InChI=1S/C14H17NO8/c16-5-8-10(17)9(11(18)14(22)23-8)15-12(19)6-2-1-3-7(4-6)13(20)21/h1-4,8-11,14,16-18,22H,5H2,(H,15,19)(H,20,21)/t8-,9+,10+,11-,14-/m1/s1. The molecule has 23 heavy (non-hydrogen) atoms. The number of hydrogen-bond acceptors (Lipinski definition) is 7.